The number of nitrogens with two attached hydrogens (primary N) is 1. The predicted octanol–water partition coefficient (Wildman–Crippen LogP) is 0.457. The molecule has 1 unspecified atom stereocenters. The van der Waals surface area contributed by atoms with Crippen LogP contribution in [-0.2, 0) is 11.3 Å². The summed E-state index contributed by atoms with van der Waals surface area (Å²) in [6.45, 7) is 0.807. The summed E-state index contributed by atoms with van der Waals surface area (Å²) in [5.41, 5.74) is 5.79. The van der Waals surface area contributed by atoms with Gasteiger partial charge in [-0.05, 0) is 18.8 Å². The quantitative estimate of drug-likeness (QED) is 0.560. The minimum atomic E-state index is -0.516. The molecule has 1 fully saturated rings. The molecular formula is C11H18ClN5O3. The smallest absolute Gasteiger partial charge is 0.306 e. The highest BCUT2D eigenvalue weighted by atomic mass is 35.5. The molecule has 0 aromatic carbocycles. The monoisotopic (exact) mass is 303 g/mol. The fourth-order valence-electron chi connectivity index (χ4n) is 1.80. The molecule has 1 saturated carbocycles. The number of nitro groups is 1. The number of nitrogens with zero attached hydrogens (tertiary/aromatic N) is 3. The van der Waals surface area contributed by atoms with Crippen LogP contribution in [0.5, 0.6) is 0 Å². The van der Waals surface area contributed by atoms with Crippen LogP contribution in [0.15, 0.2) is 12.4 Å². The molecule has 112 valence electrons. The van der Waals surface area contributed by atoms with Gasteiger partial charge in [0.15, 0.2) is 0 Å². The topological polar surface area (TPSA) is 116 Å². The molecule has 1 aliphatic carbocycles. The van der Waals surface area contributed by atoms with E-state index in [0.717, 1.165) is 12.8 Å². The van der Waals surface area contributed by atoms with E-state index in [2.05, 4.69) is 10.4 Å². The van der Waals surface area contributed by atoms with Crippen LogP contribution in [0, 0.1) is 16.0 Å². The second-order valence-corrected chi connectivity index (χ2v) is 4.77. The first kappa shape index (κ1) is 16.4. The molecule has 0 aliphatic heterocycles. The van der Waals surface area contributed by atoms with Gasteiger partial charge in [-0.3, -0.25) is 19.6 Å². The molecule has 2 rings (SSSR count). The van der Waals surface area contributed by atoms with E-state index in [1.165, 1.54) is 17.1 Å². The van der Waals surface area contributed by atoms with Crippen molar-refractivity contribution in [1.29, 1.82) is 0 Å². The zero-order chi connectivity index (χ0) is 13.8. The average Bonchev–Trinajstić information content (AvgIpc) is 3.12. The summed E-state index contributed by atoms with van der Waals surface area (Å²) in [7, 11) is 0. The van der Waals surface area contributed by atoms with Gasteiger partial charge in [0.1, 0.15) is 12.4 Å². The van der Waals surface area contributed by atoms with Gasteiger partial charge in [0.05, 0.1) is 4.92 Å². The van der Waals surface area contributed by atoms with Crippen LogP contribution in [0.3, 0.4) is 0 Å². The molecule has 1 aliphatic rings. The van der Waals surface area contributed by atoms with Crippen LogP contribution < -0.4 is 11.1 Å². The molecule has 1 aromatic heterocycles. The minimum absolute atomic E-state index is 0. The van der Waals surface area contributed by atoms with Crippen molar-refractivity contribution in [2.24, 2.45) is 11.7 Å². The maximum absolute atomic E-state index is 11.6. The first-order valence-corrected chi connectivity index (χ1v) is 6.25. The van der Waals surface area contributed by atoms with Gasteiger partial charge in [0, 0.05) is 25.6 Å². The van der Waals surface area contributed by atoms with Gasteiger partial charge in [-0.15, -0.1) is 12.4 Å². The Labute approximate surface area is 122 Å². The Bertz CT molecular complexity index is 474. The van der Waals surface area contributed by atoms with Gasteiger partial charge in [-0.25, -0.2) is 0 Å². The van der Waals surface area contributed by atoms with E-state index < -0.39 is 4.92 Å². The van der Waals surface area contributed by atoms with Crippen molar-refractivity contribution in [2.45, 2.75) is 31.8 Å². The first-order chi connectivity index (χ1) is 9.06. The van der Waals surface area contributed by atoms with E-state index in [1.54, 1.807) is 0 Å². The molecule has 0 saturated heterocycles. The van der Waals surface area contributed by atoms with Crippen LogP contribution in [0.25, 0.3) is 0 Å². The number of rotatable bonds is 7. The molecule has 8 nitrogen and oxygen atoms in total. The van der Waals surface area contributed by atoms with Gasteiger partial charge in [0.2, 0.25) is 5.91 Å². The minimum Gasteiger partial charge on any atom is -0.354 e. The third-order valence-electron chi connectivity index (χ3n) is 3.16. The van der Waals surface area contributed by atoms with Crippen molar-refractivity contribution >= 4 is 24.0 Å². The van der Waals surface area contributed by atoms with Crippen LogP contribution in [0.4, 0.5) is 5.69 Å². The van der Waals surface area contributed by atoms with E-state index in [9.17, 15) is 14.9 Å². The Balaban J connectivity index is 0.00000200. The second kappa shape index (κ2) is 7.20. The molecule has 0 bridgehead atoms. The maximum atomic E-state index is 11.6. The summed E-state index contributed by atoms with van der Waals surface area (Å²) >= 11 is 0. The van der Waals surface area contributed by atoms with Gasteiger partial charge in [0.25, 0.3) is 0 Å². The Morgan fingerprint density at radius 3 is 2.90 bits per heavy atom. The second-order valence-electron chi connectivity index (χ2n) is 4.77. The number of aryl methyl sites for hydroxylation is 1. The summed E-state index contributed by atoms with van der Waals surface area (Å²) < 4.78 is 1.39. The Morgan fingerprint density at radius 1 is 1.65 bits per heavy atom. The largest absolute Gasteiger partial charge is 0.354 e. The molecule has 1 aromatic rings. The average molecular weight is 304 g/mol. The van der Waals surface area contributed by atoms with Gasteiger partial charge < -0.3 is 11.1 Å². The third kappa shape index (κ3) is 4.78. The lowest BCUT2D eigenvalue weighted by molar-refractivity contribution is -0.385. The number of amides is 1. The molecule has 3 N–H and O–H groups in total. The van der Waals surface area contributed by atoms with Gasteiger partial charge in [-0.1, -0.05) is 0 Å². The number of carbonyl (C=O) groups excluding carboxylic acids is 1. The fourth-order valence-corrected chi connectivity index (χ4v) is 1.80. The van der Waals surface area contributed by atoms with E-state index in [1.807, 2.05) is 0 Å². The highest BCUT2D eigenvalue weighted by molar-refractivity contribution is 5.85. The van der Waals surface area contributed by atoms with Gasteiger partial charge >= 0.3 is 5.69 Å². The highest BCUT2D eigenvalue weighted by Crippen LogP contribution is 2.31. The Kier molecular flexibility index (Phi) is 5.90. The molecule has 1 amide bonds. The predicted molar refractivity (Wildman–Crippen MR) is 74.5 cm³/mol. The van der Waals surface area contributed by atoms with Crippen LogP contribution in [0.1, 0.15) is 19.3 Å². The molecule has 0 radical (unpaired) electrons. The molecule has 1 atom stereocenters. The van der Waals surface area contributed by atoms with Gasteiger partial charge in [-0.2, -0.15) is 5.10 Å². The van der Waals surface area contributed by atoms with E-state index >= 15 is 0 Å². The fraction of sp³-hybridized carbons (Fsp3) is 0.636. The first-order valence-electron chi connectivity index (χ1n) is 6.25. The third-order valence-corrected chi connectivity index (χ3v) is 3.16. The Morgan fingerprint density at radius 2 is 2.35 bits per heavy atom. The highest BCUT2D eigenvalue weighted by Gasteiger charge is 2.28. The van der Waals surface area contributed by atoms with E-state index in [0.29, 0.717) is 19.0 Å². The summed E-state index contributed by atoms with van der Waals surface area (Å²) in [6, 6.07) is 0.0368. The molecule has 9 heteroatoms. The summed E-state index contributed by atoms with van der Waals surface area (Å²) in [5.74, 6) is 0.434. The summed E-state index contributed by atoms with van der Waals surface area (Å²) in [5, 5.41) is 17.0. The zero-order valence-corrected chi connectivity index (χ0v) is 11.7. The van der Waals surface area contributed by atoms with E-state index in [4.69, 9.17) is 5.73 Å². The zero-order valence-electron chi connectivity index (χ0n) is 10.9. The van der Waals surface area contributed by atoms with Crippen molar-refractivity contribution < 1.29 is 9.72 Å². The molecular weight excluding hydrogens is 286 g/mol. The molecule has 20 heavy (non-hydrogen) atoms. The molecule has 0 spiro atoms. The van der Waals surface area contributed by atoms with Crippen molar-refractivity contribution in [2.75, 3.05) is 6.54 Å². The van der Waals surface area contributed by atoms with Crippen molar-refractivity contribution in [1.82, 2.24) is 15.1 Å². The standard InChI is InChI=1S/C11H17N5O3.ClH/c12-10(8-1-2-8)6-13-11(17)3-4-15-7-9(5-14-15)16(18)19;/h5,7-8,10H,1-4,6,12H2,(H,13,17);1H. The molecule has 1 heterocycles. The lowest BCUT2D eigenvalue weighted by Gasteiger charge is -2.11. The van der Waals surface area contributed by atoms with Crippen LogP contribution >= 0.6 is 12.4 Å². The SMILES string of the molecule is Cl.NC(CNC(=O)CCn1cc([N+](=O)[O-])cn1)C1CC1. The summed E-state index contributed by atoms with van der Waals surface area (Å²) in [4.78, 5) is 21.5. The summed E-state index contributed by atoms with van der Waals surface area (Å²) in [6.07, 6.45) is 5.00. The Hall–Kier alpha value is -1.67. The number of hydrogen-bond donors (Lipinski definition) is 2. The number of nitrogens with one attached hydrogen (secondary N) is 1. The number of hydrogen-bond acceptors (Lipinski definition) is 5. The van der Waals surface area contributed by atoms with Crippen LogP contribution in [0.2, 0.25) is 0 Å². The lowest BCUT2D eigenvalue weighted by atomic mass is 10.2. The normalized spacial score (nSPS) is 15.2. The lowest BCUT2D eigenvalue weighted by Crippen LogP contribution is -2.38. The van der Waals surface area contributed by atoms with Crippen molar-refractivity contribution in [3.63, 3.8) is 0 Å². The number of halogens is 1. The van der Waals surface area contributed by atoms with Crippen molar-refractivity contribution in [3.8, 4) is 0 Å². The number of carbonyl (C=O) groups is 1. The maximum Gasteiger partial charge on any atom is 0.306 e. The van der Waals surface area contributed by atoms with E-state index in [-0.39, 0.29) is 36.5 Å². The van der Waals surface area contributed by atoms with Crippen molar-refractivity contribution in [3.05, 3.63) is 22.5 Å². The number of aromatic nitrogens is 2. The van der Waals surface area contributed by atoms with Crippen LogP contribution in [-0.4, -0.2) is 33.2 Å².